The molecule has 1 saturated heterocycles. The van der Waals surface area contributed by atoms with Crippen LogP contribution in [0.4, 0.5) is 0 Å². The van der Waals surface area contributed by atoms with Gasteiger partial charge in [-0.25, -0.2) is 0 Å². The Kier molecular flexibility index (Phi) is 2.91. The normalized spacial score (nSPS) is 29.6. The molecule has 0 bridgehead atoms. The molecule has 0 N–H and O–H groups in total. The van der Waals surface area contributed by atoms with Crippen LogP contribution in [0.5, 0.6) is 0 Å². The Morgan fingerprint density at radius 3 is 2.00 bits per heavy atom. The highest BCUT2D eigenvalue weighted by Crippen LogP contribution is 2.15. The van der Waals surface area contributed by atoms with Gasteiger partial charge in [0.2, 0.25) is 12.2 Å². The maximum absolute atomic E-state index is 5.23. The second-order valence-corrected chi connectivity index (χ2v) is 3.51. The molecule has 2 nitrogen and oxygen atoms in total. The van der Waals surface area contributed by atoms with Gasteiger partial charge in [-0.3, -0.25) is 0 Å². The Morgan fingerprint density at radius 2 is 1.50 bits per heavy atom. The van der Waals surface area contributed by atoms with Crippen LogP contribution in [0.2, 0.25) is 0 Å². The average molecular weight is 206 g/mol. The minimum atomic E-state index is -0.284. The van der Waals surface area contributed by atoms with Crippen molar-refractivity contribution in [2.24, 2.45) is 0 Å². The van der Waals surface area contributed by atoms with Crippen LogP contribution < -0.4 is 0 Å². The van der Waals surface area contributed by atoms with Gasteiger partial charge < -0.3 is 9.47 Å². The first-order chi connectivity index (χ1) is 6.86. The van der Waals surface area contributed by atoms with Gasteiger partial charge >= 0.3 is 5.24 Å². The quantitative estimate of drug-likeness (QED) is 0.443. The Bertz CT molecular complexity index is 319. The zero-order chi connectivity index (χ0) is 9.80. The molecule has 1 aliphatic heterocycles. The van der Waals surface area contributed by atoms with Crippen molar-refractivity contribution in [3.63, 3.8) is 0 Å². The largest absolute Gasteiger partial charge is 0.435 e. The second-order valence-electron chi connectivity index (χ2n) is 3.18. The summed E-state index contributed by atoms with van der Waals surface area (Å²) in [6, 6.07) is 0. The molecule has 1 fully saturated rings. The lowest BCUT2D eigenvalue weighted by Crippen LogP contribution is -2.18. The molecule has 0 radical (unpaired) electrons. The van der Waals surface area contributed by atoms with Crippen molar-refractivity contribution in [2.45, 2.75) is 37.9 Å². The summed E-state index contributed by atoms with van der Waals surface area (Å²) in [6.07, 6.45) is 3.44. The molecule has 0 aromatic rings. The molecule has 72 valence electrons. The zero-order valence-corrected chi connectivity index (χ0v) is 8.52. The van der Waals surface area contributed by atoms with E-state index in [9.17, 15) is 0 Å². The van der Waals surface area contributed by atoms with Gasteiger partial charge in [0.15, 0.2) is 0 Å². The van der Waals surface area contributed by atoms with E-state index in [0.29, 0.717) is 0 Å². The van der Waals surface area contributed by atoms with Crippen molar-refractivity contribution in [3.05, 3.63) is 0 Å². The lowest BCUT2D eigenvalue weighted by molar-refractivity contribution is 0.250. The van der Waals surface area contributed by atoms with Gasteiger partial charge in [-0.2, -0.15) is 0 Å². The van der Waals surface area contributed by atoms with Crippen molar-refractivity contribution in [3.8, 4) is 23.7 Å². The van der Waals surface area contributed by atoms with Gasteiger partial charge in [-0.05, 0) is 12.8 Å². The fourth-order valence-corrected chi connectivity index (χ4v) is 1.55. The summed E-state index contributed by atoms with van der Waals surface area (Å²) in [5.41, 5.74) is 0. The number of rotatable bonds is 0. The van der Waals surface area contributed by atoms with Crippen molar-refractivity contribution >= 4 is 17.5 Å². The molecule has 2 atom stereocenters. The first kappa shape index (κ1) is 9.37. The molecule has 2 aliphatic rings. The Labute approximate surface area is 89.0 Å². The fraction of sp³-hybridized carbons (Fsp3) is 0.545. The summed E-state index contributed by atoms with van der Waals surface area (Å²) < 4.78 is 10.5. The SMILES string of the molecule is S=C1O[C@H]2C#CCCCCC#C[C@H]2O1. The van der Waals surface area contributed by atoms with Gasteiger partial charge in [0, 0.05) is 25.1 Å². The molecule has 14 heavy (non-hydrogen) atoms. The number of ether oxygens (including phenoxy) is 2. The molecule has 0 amide bonds. The summed E-state index contributed by atoms with van der Waals surface area (Å²) in [6.45, 7) is 0. The highest BCUT2D eigenvalue weighted by atomic mass is 32.1. The van der Waals surface area contributed by atoms with Crippen LogP contribution in [0, 0.1) is 23.7 Å². The Morgan fingerprint density at radius 1 is 1.00 bits per heavy atom. The third-order valence-electron chi connectivity index (χ3n) is 2.06. The highest BCUT2D eigenvalue weighted by Gasteiger charge is 2.31. The highest BCUT2D eigenvalue weighted by molar-refractivity contribution is 7.79. The minimum Gasteiger partial charge on any atom is -0.435 e. The van der Waals surface area contributed by atoms with E-state index >= 15 is 0 Å². The van der Waals surface area contributed by atoms with Gasteiger partial charge in [-0.1, -0.05) is 23.7 Å². The summed E-state index contributed by atoms with van der Waals surface area (Å²) in [7, 11) is 0. The molecular weight excluding hydrogens is 196 g/mol. The van der Waals surface area contributed by atoms with E-state index in [4.69, 9.17) is 21.7 Å². The van der Waals surface area contributed by atoms with E-state index in [-0.39, 0.29) is 17.4 Å². The lowest BCUT2D eigenvalue weighted by atomic mass is 10.1. The lowest BCUT2D eigenvalue weighted by Gasteiger charge is -2.03. The third kappa shape index (κ3) is 2.19. The molecule has 0 spiro atoms. The molecule has 1 aliphatic carbocycles. The number of fused-ring (bicyclic) bond motifs is 1. The van der Waals surface area contributed by atoms with Gasteiger partial charge in [0.05, 0.1) is 0 Å². The van der Waals surface area contributed by atoms with Crippen molar-refractivity contribution in [1.82, 2.24) is 0 Å². The molecule has 0 aromatic carbocycles. The number of thiocarbonyl (C=S) groups is 1. The molecule has 3 heteroatoms. The van der Waals surface area contributed by atoms with E-state index in [0.717, 1.165) is 25.7 Å². The van der Waals surface area contributed by atoms with Crippen molar-refractivity contribution in [2.75, 3.05) is 0 Å². The summed E-state index contributed by atoms with van der Waals surface area (Å²) in [4.78, 5) is 0. The monoisotopic (exact) mass is 206 g/mol. The number of hydrogen-bond donors (Lipinski definition) is 0. The van der Waals surface area contributed by atoms with Crippen LogP contribution in [-0.2, 0) is 9.47 Å². The molecule has 2 rings (SSSR count). The fourth-order valence-electron chi connectivity index (χ4n) is 1.34. The van der Waals surface area contributed by atoms with Gasteiger partial charge in [0.1, 0.15) is 0 Å². The second kappa shape index (κ2) is 4.35. The maximum Gasteiger partial charge on any atom is 0.355 e. The molecule has 0 unspecified atom stereocenters. The van der Waals surface area contributed by atoms with E-state index in [1.165, 1.54) is 0 Å². The standard InChI is InChI=1S/C11H10O2S/c14-11-12-9-7-5-3-1-2-4-6-8-10(9)13-11/h9-10H,1-4H2/t9-,10+. The van der Waals surface area contributed by atoms with Crippen LogP contribution in [-0.4, -0.2) is 17.4 Å². The predicted molar refractivity (Wildman–Crippen MR) is 56.4 cm³/mol. The Hall–Kier alpha value is -1.19. The van der Waals surface area contributed by atoms with Crippen LogP contribution in [0.15, 0.2) is 0 Å². The molecule has 0 saturated carbocycles. The minimum absolute atomic E-state index is 0.169. The molecule has 0 aromatic heterocycles. The van der Waals surface area contributed by atoms with Crippen molar-refractivity contribution < 1.29 is 9.47 Å². The summed E-state index contributed by atoms with van der Waals surface area (Å²) in [5.74, 6) is 12.1. The average Bonchev–Trinajstić information content (AvgIpc) is 2.52. The van der Waals surface area contributed by atoms with Crippen LogP contribution in [0.1, 0.15) is 25.7 Å². The molecule has 1 heterocycles. The van der Waals surface area contributed by atoms with Crippen LogP contribution in [0.3, 0.4) is 0 Å². The van der Waals surface area contributed by atoms with Gasteiger partial charge in [-0.15, -0.1) is 0 Å². The zero-order valence-electron chi connectivity index (χ0n) is 7.71. The van der Waals surface area contributed by atoms with Crippen molar-refractivity contribution in [1.29, 1.82) is 0 Å². The smallest absolute Gasteiger partial charge is 0.355 e. The van der Waals surface area contributed by atoms with E-state index in [2.05, 4.69) is 23.7 Å². The summed E-state index contributed by atoms with van der Waals surface area (Å²) in [5, 5.41) is 0.169. The maximum atomic E-state index is 5.23. The van der Waals surface area contributed by atoms with E-state index in [1.54, 1.807) is 0 Å². The third-order valence-corrected chi connectivity index (χ3v) is 2.26. The predicted octanol–water partition coefficient (Wildman–Crippen LogP) is 1.64. The number of hydrogen-bond acceptors (Lipinski definition) is 3. The van der Waals surface area contributed by atoms with Crippen LogP contribution in [0.25, 0.3) is 0 Å². The first-order valence-electron chi connectivity index (χ1n) is 4.70. The van der Waals surface area contributed by atoms with E-state index in [1.807, 2.05) is 0 Å². The first-order valence-corrected chi connectivity index (χ1v) is 5.11. The molecular formula is C11H10O2S. The van der Waals surface area contributed by atoms with Crippen LogP contribution >= 0.6 is 12.2 Å². The van der Waals surface area contributed by atoms with E-state index < -0.39 is 0 Å². The Balaban J connectivity index is 2.14. The van der Waals surface area contributed by atoms with Gasteiger partial charge in [0.25, 0.3) is 0 Å². The summed E-state index contributed by atoms with van der Waals surface area (Å²) >= 11 is 4.81. The topological polar surface area (TPSA) is 18.5 Å².